The van der Waals surface area contributed by atoms with Crippen LogP contribution in [0.25, 0.3) is 11.0 Å². The number of fused-ring (bicyclic) bond motifs is 1. The van der Waals surface area contributed by atoms with Gasteiger partial charge in [0.1, 0.15) is 5.52 Å². The van der Waals surface area contributed by atoms with E-state index >= 15 is 0 Å². The molecule has 1 N–H and O–H groups in total. The van der Waals surface area contributed by atoms with Gasteiger partial charge in [-0.05, 0) is 37.9 Å². The fourth-order valence-corrected chi connectivity index (χ4v) is 2.00. The summed E-state index contributed by atoms with van der Waals surface area (Å²) in [5.41, 5.74) is 2.07. The number of benzene rings is 1. The lowest BCUT2D eigenvalue weighted by atomic mass is 10.1. The lowest BCUT2D eigenvalue weighted by molar-refractivity contribution is 0.439. The van der Waals surface area contributed by atoms with Crippen LogP contribution in [0.15, 0.2) is 24.3 Å². The zero-order chi connectivity index (χ0) is 13.0. The van der Waals surface area contributed by atoms with Crippen molar-refractivity contribution in [2.75, 3.05) is 13.1 Å². The second-order valence-corrected chi connectivity index (χ2v) is 5.26. The number of para-hydroxylation sites is 1. The molecule has 4 heteroatoms. The van der Waals surface area contributed by atoms with E-state index in [1.165, 1.54) is 6.42 Å². The summed E-state index contributed by atoms with van der Waals surface area (Å²) in [4.78, 5) is 0. The SMILES string of the molecule is CC(C)CCNCC(C)n1nnc2ccccc21. The van der Waals surface area contributed by atoms with E-state index in [-0.39, 0.29) is 0 Å². The van der Waals surface area contributed by atoms with Gasteiger partial charge in [-0.15, -0.1) is 5.10 Å². The van der Waals surface area contributed by atoms with E-state index in [1.54, 1.807) is 0 Å². The van der Waals surface area contributed by atoms with E-state index in [2.05, 4.69) is 42.5 Å². The highest BCUT2D eigenvalue weighted by molar-refractivity contribution is 5.73. The minimum atomic E-state index is 0.324. The molecule has 0 aliphatic heterocycles. The van der Waals surface area contributed by atoms with Gasteiger partial charge in [0.05, 0.1) is 11.6 Å². The van der Waals surface area contributed by atoms with Gasteiger partial charge >= 0.3 is 0 Å². The summed E-state index contributed by atoms with van der Waals surface area (Å²) in [6.07, 6.45) is 1.21. The van der Waals surface area contributed by atoms with Crippen LogP contribution in [-0.2, 0) is 0 Å². The van der Waals surface area contributed by atoms with Crippen molar-refractivity contribution < 1.29 is 0 Å². The highest BCUT2D eigenvalue weighted by atomic mass is 15.4. The second kappa shape index (κ2) is 5.96. The van der Waals surface area contributed by atoms with E-state index in [0.717, 1.165) is 30.0 Å². The third kappa shape index (κ3) is 3.07. The number of rotatable bonds is 6. The first-order valence-electron chi connectivity index (χ1n) is 6.69. The molecule has 0 bridgehead atoms. The first kappa shape index (κ1) is 13.0. The van der Waals surface area contributed by atoms with Crippen LogP contribution in [0.5, 0.6) is 0 Å². The van der Waals surface area contributed by atoms with Gasteiger partial charge < -0.3 is 5.32 Å². The Morgan fingerprint density at radius 1 is 1.22 bits per heavy atom. The minimum Gasteiger partial charge on any atom is -0.315 e. The third-order valence-electron chi connectivity index (χ3n) is 3.13. The Morgan fingerprint density at radius 3 is 2.78 bits per heavy atom. The predicted octanol–water partition coefficient (Wildman–Crippen LogP) is 2.63. The molecule has 0 saturated carbocycles. The van der Waals surface area contributed by atoms with Crippen molar-refractivity contribution in [2.24, 2.45) is 5.92 Å². The average Bonchev–Trinajstić information content (AvgIpc) is 2.78. The molecular formula is C14H22N4. The van der Waals surface area contributed by atoms with Gasteiger partial charge in [-0.25, -0.2) is 4.68 Å². The molecule has 1 unspecified atom stereocenters. The Hall–Kier alpha value is -1.42. The molecule has 0 fully saturated rings. The van der Waals surface area contributed by atoms with Crippen molar-refractivity contribution in [2.45, 2.75) is 33.2 Å². The fourth-order valence-electron chi connectivity index (χ4n) is 2.00. The summed E-state index contributed by atoms with van der Waals surface area (Å²) in [6.45, 7) is 8.66. The maximum absolute atomic E-state index is 4.24. The van der Waals surface area contributed by atoms with E-state index < -0.39 is 0 Å². The van der Waals surface area contributed by atoms with Crippen LogP contribution in [0.1, 0.15) is 33.2 Å². The maximum Gasteiger partial charge on any atom is 0.113 e. The van der Waals surface area contributed by atoms with Gasteiger partial charge in [0.15, 0.2) is 0 Å². The molecule has 0 aliphatic rings. The van der Waals surface area contributed by atoms with E-state index in [1.807, 2.05) is 22.9 Å². The van der Waals surface area contributed by atoms with E-state index in [4.69, 9.17) is 0 Å². The molecule has 0 aliphatic carbocycles. The Morgan fingerprint density at radius 2 is 2.00 bits per heavy atom. The molecule has 2 aromatic rings. The van der Waals surface area contributed by atoms with Crippen molar-refractivity contribution in [3.8, 4) is 0 Å². The molecule has 1 aromatic carbocycles. The largest absolute Gasteiger partial charge is 0.315 e. The number of hydrogen-bond acceptors (Lipinski definition) is 3. The van der Waals surface area contributed by atoms with Gasteiger partial charge in [-0.3, -0.25) is 0 Å². The number of nitrogens with one attached hydrogen (secondary N) is 1. The predicted molar refractivity (Wildman–Crippen MR) is 74.6 cm³/mol. The normalized spacial score (nSPS) is 13.3. The van der Waals surface area contributed by atoms with Gasteiger partial charge in [-0.2, -0.15) is 0 Å². The molecule has 4 nitrogen and oxygen atoms in total. The summed E-state index contributed by atoms with van der Waals surface area (Å²) in [5, 5.41) is 11.9. The molecule has 0 radical (unpaired) electrons. The Kier molecular flexibility index (Phi) is 4.31. The van der Waals surface area contributed by atoms with Crippen molar-refractivity contribution in [1.29, 1.82) is 0 Å². The van der Waals surface area contributed by atoms with Crippen molar-refractivity contribution in [3.63, 3.8) is 0 Å². The standard InChI is InChI=1S/C14H22N4/c1-11(2)8-9-15-10-12(3)18-14-7-5-4-6-13(14)16-17-18/h4-7,11-12,15H,8-10H2,1-3H3. The molecule has 18 heavy (non-hydrogen) atoms. The summed E-state index contributed by atoms with van der Waals surface area (Å²) >= 11 is 0. The van der Waals surface area contributed by atoms with Gasteiger partial charge in [0, 0.05) is 6.54 Å². The van der Waals surface area contributed by atoms with Crippen LogP contribution in [0.2, 0.25) is 0 Å². The van der Waals surface area contributed by atoms with Crippen LogP contribution >= 0.6 is 0 Å². The Balaban J connectivity index is 1.94. The monoisotopic (exact) mass is 246 g/mol. The van der Waals surface area contributed by atoms with Crippen LogP contribution in [0.4, 0.5) is 0 Å². The average molecular weight is 246 g/mol. The molecule has 0 amide bonds. The molecule has 0 saturated heterocycles. The first-order valence-corrected chi connectivity index (χ1v) is 6.69. The number of nitrogens with zero attached hydrogens (tertiary/aromatic N) is 3. The van der Waals surface area contributed by atoms with E-state index in [9.17, 15) is 0 Å². The lowest BCUT2D eigenvalue weighted by Crippen LogP contribution is -2.25. The van der Waals surface area contributed by atoms with Crippen LogP contribution < -0.4 is 5.32 Å². The maximum atomic E-state index is 4.24. The highest BCUT2D eigenvalue weighted by Crippen LogP contribution is 2.14. The summed E-state index contributed by atoms with van der Waals surface area (Å²) in [7, 11) is 0. The number of aromatic nitrogens is 3. The second-order valence-electron chi connectivity index (χ2n) is 5.26. The van der Waals surface area contributed by atoms with Crippen LogP contribution in [-0.4, -0.2) is 28.1 Å². The van der Waals surface area contributed by atoms with Crippen LogP contribution in [0, 0.1) is 5.92 Å². The molecule has 1 heterocycles. The molecule has 0 spiro atoms. The van der Waals surface area contributed by atoms with Crippen molar-refractivity contribution >= 4 is 11.0 Å². The molecule has 2 rings (SSSR count). The smallest absolute Gasteiger partial charge is 0.113 e. The van der Waals surface area contributed by atoms with Crippen molar-refractivity contribution in [3.05, 3.63) is 24.3 Å². The van der Waals surface area contributed by atoms with Crippen molar-refractivity contribution in [1.82, 2.24) is 20.3 Å². The van der Waals surface area contributed by atoms with Crippen LogP contribution in [0.3, 0.4) is 0 Å². The molecule has 98 valence electrons. The quantitative estimate of drug-likeness (QED) is 0.797. The third-order valence-corrected chi connectivity index (χ3v) is 3.13. The minimum absolute atomic E-state index is 0.324. The molecule has 1 aromatic heterocycles. The molecular weight excluding hydrogens is 224 g/mol. The first-order chi connectivity index (χ1) is 8.68. The van der Waals surface area contributed by atoms with Gasteiger partial charge in [-0.1, -0.05) is 31.2 Å². The zero-order valence-electron chi connectivity index (χ0n) is 11.4. The summed E-state index contributed by atoms with van der Waals surface area (Å²) in [5.74, 6) is 0.750. The Labute approximate surface area is 108 Å². The topological polar surface area (TPSA) is 42.7 Å². The van der Waals surface area contributed by atoms with E-state index in [0.29, 0.717) is 6.04 Å². The van der Waals surface area contributed by atoms with Gasteiger partial charge in [0.25, 0.3) is 0 Å². The zero-order valence-corrected chi connectivity index (χ0v) is 11.4. The number of hydrogen-bond donors (Lipinski definition) is 1. The summed E-state index contributed by atoms with van der Waals surface area (Å²) < 4.78 is 2.00. The van der Waals surface area contributed by atoms with Gasteiger partial charge in [0.2, 0.25) is 0 Å². The Bertz CT molecular complexity index is 489. The molecule has 1 atom stereocenters. The highest BCUT2D eigenvalue weighted by Gasteiger charge is 2.10. The summed E-state index contributed by atoms with van der Waals surface area (Å²) in [6, 6.07) is 8.41. The fraction of sp³-hybridized carbons (Fsp3) is 0.571. The lowest BCUT2D eigenvalue weighted by Gasteiger charge is -2.14.